The van der Waals surface area contributed by atoms with Gasteiger partial charge in [-0.3, -0.25) is 0 Å². The minimum atomic E-state index is -0.559. The van der Waals surface area contributed by atoms with Crippen LogP contribution in [-0.4, -0.2) is 14.7 Å². The Kier molecular flexibility index (Phi) is 3.95. The summed E-state index contributed by atoms with van der Waals surface area (Å²) in [5.41, 5.74) is 3.03. The van der Waals surface area contributed by atoms with Crippen molar-refractivity contribution in [2.24, 2.45) is 0 Å². The number of rotatable bonds is 4. The van der Waals surface area contributed by atoms with Crippen molar-refractivity contribution in [2.75, 3.05) is 0 Å². The predicted molar refractivity (Wildman–Crippen MR) is 85.5 cm³/mol. The van der Waals surface area contributed by atoms with E-state index in [-0.39, 0.29) is 0 Å². The molecule has 1 heterocycles. The fraction of sp³-hybridized carbons (Fsp3) is 0.235. The molecule has 3 rings (SSSR count). The molecule has 0 aliphatic carbocycles. The molecule has 0 fully saturated rings. The first-order valence-corrected chi connectivity index (χ1v) is 7.44. The van der Waals surface area contributed by atoms with E-state index in [1.54, 1.807) is 0 Å². The maximum absolute atomic E-state index is 10.2. The highest BCUT2D eigenvalue weighted by molar-refractivity contribution is 6.30. The maximum atomic E-state index is 10.2. The van der Waals surface area contributed by atoms with Crippen molar-refractivity contribution < 1.29 is 5.11 Å². The minimum Gasteiger partial charge on any atom is -0.385 e. The van der Waals surface area contributed by atoms with Gasteiger partial charge < -0.3 is 9.67 Å². The molecule has 0 spiro atoms. The highest BCUT2D eigenvalue weighted by atomic mass is 35.5. The fourth-order valence-electron chi connectivity index (χ4n) is 2.52. The first kappa shape index (κ1) is 14.1. The number of halogens is 1. The van der Waals surface area contributed by atoms with E-state index in [1.165, 1.54) is 0 Å². The number of hydrogen-bond acceptors (Lipinski definition) is 2. The largest absolute Gasteiger partial charge is 0.385 e. The van der Waals surface area contributed by atoms with E-state index < -0.39 is 6.10 Å². The van der Waals surface area contributed by atoms with Crippen molar-refractivity contribution in [1.82, 2.24) is 9.55 Å². The van der Waals surface area contributed by atoms with Crippen LogP contribution in [-0.2, 0) is 6.54 Å². The predicted octanol–water partition coefficient (Wildman–Crippen LogP) is 4.18. The van der Waals surface area contributed by atoms with E-state index >= 15 is 0 Å². The van der Waals surface area contributed by atoms with Crippen LogP contribution in [0, 0.1) is 0 Å². The normalized spacial score (nSPS) is 12.7. The molecular weight excluding hydrogens is 284 g/mol. The zero-order valence-electron chi connectivity index (χ0n) is 11.8. The number of aliphatic hydroxyl groups is 1. The van der Waals surface area contributed by atoms with E-state index in [2.05, 4.69) is 9.55 Å². The van der Waals surface area contributed by atoms with E-state index in [1.807, 2.05) is 55.5 Å². The van der Waals surface area contributed by atoms with Crippen molar-refractivity contribution in [3.8, 4) is 0 Å². The first-order valence-electron chi connectivity index (χ1n) is 7.06. The van der Waals surface area contributed by atoms with Gasteiger partial charge in [-0.1, -0.05) is 42.8 Å². The van der Waals surface area contributed by atoms with Gasteiger partial charge >= 0.3 is 0 Å². The van der Waals surface area contributed by atoms with Crippen LogP contribution in [0.2, 0.25) is 5.02 Å². The molecule has 0 aliphatic rings. The third-order valence-electron chi connectivity index (χ3n) is 3.60. The van der Waals surface area contributed by atoms with E-state index in [0.717, 1.165) is 21.6 Å². The summed E-state index contributed by atoms with van der Waals surface area (Å²) in [6.45, 7) is 2.60. The van der Waals surface area contributed by atoms with Gasteiger partial charge in [-0.15, -0.1) is 0 Å². The Balaban J connectivity index is 2.10. The summed E-state index contributed by atoms with van der Waals surface area (Å²) in [5, 5.41) is 11.0. The summed E-state index contributed by atoms with van der Waals surface area (Å²) < 4.78 is 2.06. The Labute approximate surface area is 128 Å². The zero-order valence-corrected chi connectivity index (χ0v) is 12.6. The average molecular weight is 301 g/mol. The van der Waals surface area contributed by atoms with E-state index in [0.29, 0.717) is 18.8 Å². The van der Waals surface area contributed by atoms with Crippen molar-refractivity contribution in [3.63, 3.8) is 0 Å². The van der Waals surface area contributed by atoms with Crippen LogP contribution in [0.15, 0.2) is 48.5 Å². The Morgan fingerprint density at radius 1 is 1.19 bits per heavy atom. The number of imidazole rings is 1. The summed E-state index contributed by atoms with van der Waals surface area (Å²) in [4.78, 5) is 4.58. The van der Waals surface area contributed by atoms with Gasteiger partial charge in [0, 0.05) is 11.6 Å². The van der Waals surface area contributed by atoms with E-state index in [9.17, 15) is 5.11 Å². The van der Waals surface area contributed by atoms with Crippen LogP contribution in [0.3, 0.4) is 0 Å². The number of nitrogens with zero attached hydrogens (tertiary/aromatic N) is 2. The SMILES string of the molecule is CCC(O)c1nc2ccccc2n1Cc1cccc(Cl)c1. The van der Waals surface area contributed by atoms with Gasteiger partial charge in [0.05, 0.1) is 11.0 Å². The molecule has 1 N–H and O–H groups in total. The summed E-state index contributed by atoms with van der Waals surface area (Å²) in [7, 11) is 0. The molecule has 1 atom stereocenters. The molecule has 3 nitrogen and oxygen atoms in total. The average Bonchev–Trinajstić information content (AvgIpc) is 2.85. The molecule has 0 saturated carbocycles. The highest BCUT2D eigenvalue weighted by Gasteiger charge is 2.16. The Morgan fingerprint density at radius 2 is 2.00 bits per heavy atom. The third kappa shape index (κ3) is 2.80. The molecule has 21 heavy (non-hydrogen) atoms. The second kappa shape index (κ2) is 5.88. The van der Waals surface area contributed by atoms with Crippen LogP contribution in [0.5, 0.6) is 0 Å². The van der Waals surface area contributed by atoms with Crippen LogP contribution >= 0.6 is 11.6 Å². The van der Waals surface area contributed by atoms with Crippen molar-refractivity contribution in [2.45, 2.75) is 26.0 Å². The quantitative estimate of drug-likeness (QED) is 0.785. The van der Waals surface area contributed by atoms with Crippen molar-refractivity contribution >= 4 is 22.6 Å². The number of aliphatic hydroxyl groups excluding tert-OH is 1. The van der Waals surface area contributed by atoms with Gasteiger partial charge in [-0.05, 0) is 36.2 Å². The lowest BCUT2D eigenvalue weighted by Crippen LogP contribution is -2.09. The van der Waals surface area contributed by atoms with Crippen LogP contribution in [0.25, 0.3) is 11.0 Å². The second-order valence-corrected chi connectivity index (χ2v) is 5.54. The van der Waals surface area contributed by atoms with Gasteiger partial charge in [0.2, 0.25) is 0 Å². The molecule has 3 aromatic rings. The maximum Gasteiger partial charge on any atom is 0.139 e. The van der Waals surface area contributed by atoms with Crippen LogP contribution in [0.4, 0.5) is 0 Å². The Hall–Kier alpha value is -1.84. The molecule has 0 aliphatic heterocycles. The Morgan fingerprint density at radius 3 is 2.76 bits per heavy atom. The summed E-state index contributed by atoms with van der Waals surface area (Å²) in [6, 6.07) is 15.7. The van der Waals surface area contributed by atoms with Crippen LogP contribution < -0.4 is 0 Å². The second-order valence-electron chi connectivity index (χ2n) is 5.10. The molecule has 0 saturated heterocycles. The molecule has 1 unspecified atom stereocenters. The van der Waals surface area contributed by atoms with Gasteiger partial charge in [-0.2, -0.15) is 0 Å². The number of benzene rings is 2. The third-order valence-corrected chi connectivity index (χ3v) is 3.83. The number of fused-ring (bicyclic) bond motifs is 1. The summed E-state index contributed by atoms with van der Waals surface area (Å²) in [5.74, 6) is 0.707. The lowest BCUT2D eigenvalue weighted by atomic mass is 10.2. The minimum absolute atomic E-state index is 0.559. The van der Waals surface area contributed by atoms with Gasteiger partial charge in [0.25, 0.3) is 0 Å². The topological polar surface area (TPSA) is 38.1 Å². The molecule has 1 aromatic heterocycles. The Bertz CT molecular complexity index is 766. The number of aromatic nitrogens is 2. The van der Waals surface area contributed by atoms with Crippen LogP contribution in [0.1, 0.15) is 30.8 Å². The van der Waals surface area contributed by atoms with Gasteiger partial charge in [0.15, 0.2) is 0 Å². The van der Waals surface area contributed by atoms with Gasteiger partial charge in [-0.25, -0.2) is 4.98 Å². The highest BCUT2D eigenvalue weighted by Crippen LogP contribution is 2.24. The first-order chi connectivity index (χ1) is 10.2. The van der Waals surface area contributed by atoms with E-state index in [4.69, 9.17) is 11.6 Å². The summed E-state index contributed by atoms with van der Waals surface area (Å²) in [6.07, 6.45) is 0.0790. The lowest BCUT2D eigenvalue weighted by Gasteiger charge is -2.13. The number of para-hydroxylation sites is 2. The molecule has 4 heteroatoms. The molecule has 0 bridgehead atoms. The summed E-state index contributed by atoms with van der Waals surface area (Å²) >= 11 is 6.06. The monoisotopic (exact) mass is 300 g/mol. The zero-order chi connectivity index (χ0) is 14.8. The molecular formula is C17H17ClN2O. The van der Waals surface area contributed by atoms with Crippen molar-refractivity contribution in [1.29, 1.82) is 0 Å². The molecule has 2 aromatic carbocycles. The standard InChI is InChI=1S/C17H17ClN2O/c1-2-16(21)17-19-14-8-3-4-9-15(14)20(17)11-12-6-5-7-13(18)10-12/h3-10,16,21H,2,11H2,1H3. The lowest BCUT2D eigenvalue weighted by molar-refractivity contribution is 0.160. The molecule has 108 valence electrons. The van der Waals surface area contributed by atoms with Gasteiger partial charge in [0.1, 0.15) is 11.9 Å². The smallest absolute Gasteiger partial charge is 0.139 e. The molecule has 0 radical (unpaired) electrons. The molecule has 0 amide bonds. The number of hydrogen-bond donors (Lipinski definition) is 1. The van der Waals surface area contributed by atoms with Crippen molar-refractivity contribution in [3.05, 3.63) is 64.9 Å². The fourth-order valence-corrected chi connectivity index (χ4v) is 2.73.